The largest absolute Gasteiger partial charge is 0.418 e. The average molecular weight is 550 g/mol. The van der Waals surface area contributed by atoms with Gasteiger partial charge in [-0.2, -0.15) is 13.2 Å². The van der Waals surface area contributed by atoms with Gasteiger partial charge in [0.25, 0.3) is 0 Å². The summed E-state index contributed by atoms with van der Waals surface area (Å²) in [7, 11) is 1.96. The van der Waals surface area contributed by atoms with Crippen LogP contribution in [-0.4, -0.2) is 41.7 Å². The third kappa shape index (κ3) is 4.10. The van der Waals surface area contributed by atoms with Gasteiger partial charge in [-0.05, 0) is 85.7 Å². The van der Waals surface area contributed by atoms with Gasteiger partial charge in [-0.3, -0.25) is 19.3 Å². The van der Waals surface area contributed by atoms with Crippen molar-refractivity contribution in [2.24, 2.45) is 18.4 Å². The lowest BCUT2D eigenvalue weighted by Gasteiger charge is -2.48. The molecule has 1 aromatic carbocycles. The lowest BCUT2D eigenvalue weighted by atomic mass is 9.56. The van der Waals surface area contributed by atoms with Gasteiger partial charge in [0.2, 0.25) is 5.62 Å². The minimum atomic E-state index is -4.53. The predicted octanol–water partition coefficient (Wildman–Crippen LogP) is 5.45. The number of hydrogen-bond donors (Lipinski definition) is 1. The van der Waals surface area contributed by atoms with Crippen LogP contribution >= 0.6 is 0 Å². The molecular formula is C30H34F3N7. The second kappa shape index (κ2) is 8.80. The number of nitrogens with one attached hydrogen (secondary N) is 1. The lowest BCUT2D eigenvalue weighted by Crippen LogP contribution is -2.45. The molecule has 1 spiro atoms. The molecule has 3 fully saturated rings. The maximum Gasteiger partial charge on any atom is 0.418 e. The first kappa shape index (κ1) is 25.6. The summed E-state index contributed by atoms with van der Waals surface area (Å²) in [5.74, 6) is 1.44. The number of aromatic nitrogens is 5. The number of pyridine rings is 1. The van der Waals surface area contributed by atoms with Gasteiger partial charge in [-0.25, -0.2) is 0 Å². The molecule has 4 aromatic rings. The molecule has 3 aromatic heterocycles. The third-order valence-corrected chi connectivity index (χ3v) is 9.45. The quantitative estimate of drug-likeness (QED) is 0.360. The Labute approximate surface area is 230 Å². The van der Waals surface area contributed by atoms with Crippen LogP contribution in [0.2, 0.25) is 0 Å². The zero-order chi connectivity index (χ0) is 27.9. The summed E-state index contributed by atoms with van der Waals surface area (Å²) in [6, 6.07) is 9.15. The molecular weight excluding hydrogens is 515 g/mol. The minimum absolute atomic E-state index is 0.00788. The highest BCUT2D eigenvalue weighted by molar-refractivity contribution is 5.58. The van der Waals surface area contributed by atoms with Crippen molar-refractivity contribution >= 4 is 5.52 Å². The van der Waals surface area contributed by atoms with Gasteiger partial charge >= 0.3 is 6.18 Å². The van der Waals surface area contributed by atoms with Crippen LogP contribution in [0.5, 0.6) is 0 Å². The predicted molar refractivity (Wildman–Crippen MR) is 144 cm³/mol. The number of piperidine rings is 1. The van der Waals surface area contributed by atoms with E-state index < -0.39 is 11.7 Å². The molecule has 0 bridgehead atoms. The van der Waals surface area contributed by atoms with Gasteiger partial charge in [0.15, 0.2) is 0 Å². The van der Waals surface area contributed by atoms with Gasteiger partial charge in [0.1, 0.15) is 12.2 Å². The number of benzene rings is 1. The van der Waals surface area contributed by atoms with Gasteiger partial charge < -0.3 is 4.57 Å². The molecule has 40 heavy (non-hydrogen) atoms. The number of nitrogens with zero attached hydrogens (tertiary/aromatic N) is 6. The van der Waals surface area contributed by atoms with Crippen LogP contribution in [-0.2, 0) is 25.2 Å². The van der Waals surface area contributed by atoms with Crippen LogP contribution < -0.4 is 5.62 Å². The molecule has 7 rings (SSSR count). The number of hydrogen-bond acceptors (Lipinski definition) is 4. The van der Waals surface area contributed by atoms with Gasteiger partial charge in [-0.15, -0.1) is 10.2 Å². The second-order valence-corrected chi connectivity index (χ2v) is 12.6. The molecule has 2 saturated carbocycles. The number of likely N-dealkylation sites (tertiary alicyclic amines) is 1. The number of rotatable bonds is 5. The number of alkyl halides is 3. The van der Waals surface area contributed by atoms with Crippen LogP contribution in [0.25, 0.3) is 11.2 Å². The molecule has 1 aliphatic heterocycles. The molecule has 1 saturated heterocycles. The van der Waals surface area contributed by atoms with E-state index in [1.54, 1.807) is 17.1 Å². The van der Waals surface area contributed by atoms with E-state index in [0.717, 1.165) is 50.2 Å². The number of fused-ring (bicyclic) bond motifs is 1. The SMILES string of the molecule is C[C@H]1CCCN(Cc2cc(C(F)(F)F)c3cn(-c4cccc(C5(c6nncn6C)CC6(CC6)C5)c4)c(=N)n3c2)C1. The van der Waals surface area contributed by atoms with Crippen molar-refractivity contribution in [3.8, 4) is 5.69 Å². The fraction of sp³-hybridized carbons (Fsp3) is 0.500. The highest BCUT2D eigenvalue weighted by atomic mass is 19.4. The van der Waals surface area contributed by atoms with E-state index in [9.17, 15) is 13.2 Å². The third-order valence-electron chi connectivity index (χ3n) is 9.45. The Morgan fingerprint density at radius 1 is 1.12 bits per heavy atom. The first-order valence-corrected chi connectivity index (χ1v) is 14.1. The fourth-order valence-electron chi connectivity index (χ4n) is 7.39. The fourth-order valence-corrected chi connectivity index (χ4v) is 7.39. The average Bonchev–Trinajstić information content (AvgIpc) is 3.46. The van der Waals surface area contributed by atoms with Crippen molar-refractivity contribution in [2.45, 2.75) is 63.6 Å². The molecule has 0 radical (unpaired) electrons. The molecule has 1 atom stereocenters. The van der Waals surface area contributed by atoms with Gasteiger partial charge in [0, 0.05) is 38.2 Å². The van der Waals surface area contributed by atoms with Crippen molar-refractivity contribution in [3.63, 3.8) is 0 Å². The van der Waals surface area contributed by atoms with Crippen LogP contribution in [0.4, 0.5) is 13.2 Å². The monoisotopic (exact) mass is 549 g/mol. The second-order valence-electron chi connectivity index (χ2n) is 12.6. The Bertz CT molecular complexity index is 1650. The molecule has 7 nitrogen and oxygen atoms in total. The van der Waals surface area contributed by atoms with Crippen molar-refractivity contribution in [3.05, 3.63) is 77.2 Å². The Morgan fingerprint density at radius 2 is 1.93 bits per heavy atom. The first-order chi connectivity index (χ1) is 19.1. The van der Waals surface area contributed by atoms with Gasteiger partial charge in [-0.1, -0.05) is 19.1 Å². The number of halogens is 3. The van der Waals surface area contributed by atoms with E-state index in [-0.39, 0.29) is 16.5 Å². The van der Waals surface area contributed by atoms with Crippen LogP contribution in [0, 0.1) is 16.7 Å². The van der Waals surface area contributed by atoms with Crippen molar-refractivity contribution in [1.29, 1.82) is 5.41 Å². The van der Waals surface area contributed by atoms with E-state index in [1.165, 1.54) is 29.5 Å². The molecule has 210 valence electrons. The molecule has 0 amide bonds. The van der Waals surface area contributed by atoms with Crippen LogP contribution in [0.3, 0.4) is 0 Å². The van der Waals surface area contributed by atoms with E-state index in [1.807, 2.05) is 29.8 Å². The standard InChI is InChI=1S/C30H34F3N7/c1-20-5-4-10-38(13-20)14-21-11-24(30(31,32)33)25-16-39(27(34)40(25)15-21)23-7-3-6-22(12-23)29(17-28(18-29)8-9-28)26-36-35-19-37(26)2/h3,6-7,11-12,15-16,19-20,34H,4-5,8-10,13-14,17-18H2,1-2H3/t20-/m0/s1. The van der Waals surface area contributed by atoms with Crippen LogP contribution in [0.15, 0.2) is 49.1 Å². The van der Waals surface area contributed by atoms with Gasteiger partial charge in [0.05, 0.1) is 16.5 Å². The summed E-state index contributed by atoms with van der Waals surface area (Å²) < 4.78 is 47.9. The minimum Gasteiger partial charge on any atom is -0.320 e. The van der Waals surface area contributed by atoms with E-state index >= 15 is 0 Å². The zero-order valence-corrected chi connectivity index (χ0v) is 22.9. The summed E-state index contributed by atoms with van der Waals surface area (Å²) in [5, 5.41) is 17.6. The summed E-state index contributed by atoms with van der Waals surface area (Å²) in [5.41, 5.74) is 1.68. The zero-order valence-electron chi connectivity index (χ0n) is 22.9. The molecule has 4 heterocycles. The summed E-state index contributed by atoms with van der Waals surface area (Å²) in [4.78, 5) is 2.22. The highest BCUT2D eigenvalue weighted by Gasteiger charge is 2.63. The summed E-state index contributed by atoms with van der Waals surface area (Å²) in [6.07, 6.45) is 6.97. The Kier molecular flexibility index (Phi) is 5.62. The normalized spacial score (nSPS) is 22.1. The maximum absolute atomic E-state index is 14.3. The van der Waals surface area contributed by atoms with E-state index in [2.05, 4.69) is 28.1 Å². The lowest BCUT2D eigenvalue weighted by molar-refractivity contribution is -0.136. The summed E-state index contributed by atoms with van der Waals surface area (Å²) in [6.45, 7) is 4.38. The van der Waals surface area contributed by atoms with E-state index in [4.69, 9.17) is 5.41 Å². The molecule has 2 aliphatic carbocycles. The Hall–Kier alpha value is -3.40. The van der Waals surface area contributed by atoms with Crippen molar-refractivity contribution in [2.75, 3.05) is 13.1 Å². The number of aryl methyl sites for hydroxylation is 1. The van der Waals surface area contributed by atoms with E-state index in [0.29, 0.717) is 29.1 Å². The molecule has 1 N–H and O–H groups in total. The smallest absolute Gasteiger partial charge is 0.320 e. The highest BCUT2D eigenvalue weighted by Crippen LogP contribution is 2.70. The Balaban J connectivity index is 1.31. The first-order valence-electron chi connectivity index (χ1n) is 14.1. The molecule has 3 aliphatic rings. The van der Waals surface area contributed by atoms with Crippen LogP contribution in [0.1, 0.15) is 68.0 Å². The number of imidazole rings is 1. The van der Waals surface area contributed by atoms with Crippen molar-refractivity contribution < 1.29 is 13.2 Å². The summed E-state index contributed by atoms with van der Waals surface area (Å²) >= 11 is 0. The maximum atomic E-state index is 14.3. The topological polar surface area (TPSA) is 67.1 Å². The Morgan fingerprint density at radius 3 is 2.60 bits per heavy atom. The van der Waals surface area contributed by atoms with Crippen molar-refractivity contribution in [1.82, 2.24) is 28.6 Å². The molecule has 0 unspecified atom stereocenters. The molecule has 10 heteroatoms.